The second-order valence-electron chi connectivity index (χ2n) is 6.68. The van der Waals surface area contributed by atoms with Crippen LogP contribution < -0.4 is 9.64 Å². The van der Waals surface area contributed by atoms with Crippen LogP contribution in [0.4, 0.5) is 32.0 Å². The number of hydrogen-bond acceptors (Lipinski definition) is 3. The Morgan fingerprint density at radius 1 is 0.871 bits per heavy atom. The smallest absolute Gasteiger partial charge is 0.404 e. The summed E-state index contributed by atoms with van der Waals surface area (Å²) in [6.07, 6.45) is -8.60. The lowest BCUT2D eigenvalue weighted by Crippen LogP contribution is -2.34. The number of imide groups is 1. The molecule has 0 bridgehead atoms. The highest BCUT2D eigenvalue weighted by molar-refractivity contribution is 6.28. The Labute approximate surface area is 172 Å². The third-order valence-corrected chi connectivity index (χ3v) is 4.59. The van der Waals surface area contributed by atoms with E-state index in [4.69, 9.17) is 4.74 Å². The molecule has 0 saturated carbocycles. The molecule has 3 rings (SSSR count). The van der Waals surface area contributed by atoms with Crippen molar-refractivity contribution in [2.24, 2.45) is 0 Å². The van der Waals surface area contributed by atoms with Crippen molar-refractivity contribution < 1.29 is 40.7 Å². The van der Waals surface area contributed by atoms with Gasteiger partial charge >= 0.3 is 12.4 Å². The van der Waals surface area contributed by atoms with Crippen LogP contribution in [-0.4, -0.2) is 24.2 Å². The van der Waals surface area contributed by atoms with E-state index in [9.17, 15) is 35.9 Å². The molecule has 0 N–H and O–H groups in total. The van der Waals surface area contributed by atoms with Crippen molar-refractivity contribution in [3.05, 3.63) is 65.7 Å². The van der Waals surface area contributed by atoms with Gasteiger partial charge in [0.15, 0.2) is 5.92 Å². The van der Waals surface area contributed by atoms with Crippen molar-refractivity contribution in [1.29, 1.82) is 0 Å². The Hall–Kier alpha value is -3.30. The summed E-state index contributed by atoms with van der Waals surface area (Å²) in [5.41, 5.74) is -0.469. The highest BCUT2D eigenvalue weighted by Gasteiger charge is 2.57. The van der Waals surface area contributed by atoms with Crippen molar-refractivity contribution >= 4 is 17.5 Å². The molecule has 2 amide bonds. The number of rotatable bonds is 5. The van der Waals surface area contributed by atoms with Gasteiger partial charge in [0.25, 0.3) is 11.8 Å². The maximum atomic E-state index is 13.0. The Bertz CT molecular complexity index is 993. The molecule has 2 aromatic rings. The molecule has 1 heterocycles. The zero-order chi connectivity index (χ0) is 23.0. The largest absolute Gasteiger partial charge is 0.457 e. The van der Waals surface area contributed by atoms with Crippen LogP contribution in [0.2, 0.25) is 0 Å². The molecular weight excluding hydrogens is 428 g/mol. The first kappa shape index (κ1) is 22.4. The van der Waals surface area contributed by atoms with Gasteiger partial charge < -0.3 is 4.74 Å². The first-order chi connectivity index (χ1) is 14.4. The monoisotopic (exact) mass is 443 g/mol. The fraction of sp³-hybridized carbons (Fsp3) is 0.238. The standard InChI is InChI=1S/C21H15F6NO3/c1-2-12-11-13(19(20(22,23)24)21(25,26)27)3-8-16(12)31-15-6-4-14(5-7-15)28-17(29)9-10-18(28)30/h3-11,19H,2H2,1H3. The Morgan fingerprint density at radius 2 is 1.42 bits per heavy atom. The third-order valence-electron chi connectivity index (χ3n) is 4.59. The molecule has 10 heteroatoms. The van der Waals surface area contributed by atoms with E-state index in [0.29, 0.717) is 0 Å². The van der Waals surface area contributed by atoms with E-state index >= 15 is 0 Å². The molecule has 0 saturated heterocycles. The van der Waals surface area contributed by atoms with Crippen LogP contribution in [-0.2, 0) is 16.0 Å². The molecule has 0 fully saturated rings. The number of aryl methyl sites for hydroxylation is 1. The van der Waals surface area contributed by atoms with Gasteiger partial charge in [-0.2, -0.15) is 26.3 Å². The average Bonchev–Trinajstić information content (AvgIpc) is 2.99. The minimum absolute atomic E-state index is 0.0945. The number of hydrogen-bond donors (Lipinski definition) is 0. The Balaban J connectivity index is 1.86. The van der Waals surface area contributed by atoms with Crippen molar-refractivity contribution in [2.75, 3.05) is 4.90 Å². The van der Waals surface area contributed by atoms with Gasteiger partial charge in [0.2, 0.25) is 0 Å². The third kappa shape index (κ3) is 4.73. The van der Waals surface area contributed by atoms with Crippen molar-refractivity contribution in [3.8, 4) is 11.5 Å². The topological polar surface area (TPSA) is 46.6 Å². The number of carbonyl (C=O) groups excluding carboxylic acids is 2. The number of alkyl halides is 6. The fourth-order valence-electron chi connectivity index (χ4n) is 3.16. The summed E-state index contributed by atoms with van der Waals surface area (Å²) < 4.78 is 83.6. The van der Waals surface area contributed by atoms with Gasteiger partial charge in [0.05, 0.1) is 5.69 Å². The molecular formula is C21H15F6NO3. The van der Waals surface area contributed by atoms with Crippen LogP contribution in [0.3, 0.4) is 0 Å². The van der Waals surface area contributed by atoms with E-state index in [0.717, 1.165) is 35.3 Å². The molecule has 0 unspecified atom stereocenters. The minimum atomic E-state index is -5.49. The number of nitrogens with zero attached hydrogens (tertiary/aromatic N) is 1. The predicted octanol–water partition coefficient (Wildman–Crippen LogP) is 5.68. The van der Waals surface area contributed by atoms with E-state index in [1.54, 1.807) is 6.92 Å². The van der Waals surface area contributed by atoms with E-state index < -0.39 is 35.6 Å². The maximum Gasteiger partial charge on any atom is 0.404 e. The van der Waals surface area contributed by atoms with Crippen LogP contribution in [0.1, 0.15) is 24.0 Å². The van der Waals surface area contributed by atoms with Gasteiger partial charge in [-0.1, -0.05) is 19.1 Å². The molecule has 164 valence electrons. The van der Waals surface area contributed by atoms with Gasteiger partial charge in [0.1, 0.15) is 11.5 Å². The summed E-state index contributed by atoms with van der Waals surface area (Å²) in [6, 6.07) is 8.35. The van der Waals surface area contributed by atoms with Crippen molar-refractivity contribution in [3.63, 3.8) is 0 Å². The lowest BCUT2D eigenvalue weighted by Gasteiger charge is -2.24. The maximum absolute atomic E-state index is 13.0. The number of anilines is 1. The van der Waals surface area contributed by atoms with E-state index in [-0.39, 0.29) is 29.2 Å². The summed E-state index contributed by atoms with van der Waals surface area (Å²) in [5.74, 6) is -4.29. The summed E-state index contributed by atoms with van der Waals surface area (Å²) in [6.45, 7) is 1.57. The fourth-order valence-corrected chi connectivity index (χ4v) is 3.16. The van der Waals surface area contributed by atoms with Crippen LogP contribution in [0.25, 0.3) is 0 Å². The molecule has 1 aliphatic heterocycles. The highest BCUT2D eigenvalue weighted by atomic mass is 19.4. The highest BCUT2D eigenvalue weighted by Crippen LogP contribution is 2.47. The zero-order valence-electron chi connectivity index (χ0n) is 15.9. The van der Waals surface area contributed by atoms with Gasteiger partial charge in [-0.3, -0.25) is 9.59 Å². The second kappa shape index (κ2) is 8.09. The van der Waals surface area contributed by atoms with Crippen LogP contribution in [0.5, 0.6) is 11.5 Å². The molecule has 0 radical (unpaired) electrons. The molecule has 31 heavy (non-hydrogen) atoms. The number of carbonyl (C=O) groups is 2. The van der Waals surface area contributed by atoms with Gasteiger partial charge in [-0.15, -0.1) is 0 Å². The van der Waals surface area contributed by atoms with Crippen LogP contribution in [0, 0.1) is 0 Å². The second-order valence-corrected chi connectivity index (χ2v) is 6.68. The molecule has 0 aliphatic carbocycles. The summed E-state index contributed by atoms with van der Waals surface area (Å²) in [7, 11) is 0. The number of halogens is 6. The summed E-state index contributed by atoms with van der Waals surface area (Å²) in [5, 5.41) is 0. The minimum Gasteiger partial charge on any atom is -0.457 e. The van der Waals surface area contributed by atoms with Crippen LogP contribution >= 0.6 is 0 Å². The van der Waals surface area contributed by atoms with Gasteiger partial charge in [-0.25, -0.2) is 4.90 Å². The zero-order valence-corrected chi connectivity index (χ0v) is 15.9. The summed E-state index contributed by atoms with van der Waals surface area (Å²) >= 11 is 0. The lowest BCUT2D eigenvalue weighted by atomic mass is 9.95. The van der Waals surface area contributed by atoms with Crippen molar-refractivity contribution in [1.82, 2.24) is 0 Å². The first-order valence-corrected chi connectivity index (χ1v) is 9.02. The predicted molar refractivity (Wildman–Crippen MR) is 98.8 cm³/mol. The Morgan fingerprint density at radius 3 is 1.90 bits per heavy atom. The average molecular weight is 443 g/mol. The summed E-state index contributed by atoms with van der Waals surface area (Å²) in [4.78, 5) is 24.3. The first-order valence-electron chi connectivity index (χ1n) is 9.02. The van der Waals surface area contributed by atoms with E-state index in [1.807, 2.05) is 0 Å². The van der Waals surface area contributed by atoms with Crippen LogP contribution in [0.15, 0.2) is 54.6 Å². The molecule has 2 aromatic carbocycles. The van der Waals surface area contributed by atoms with E-state index in [1.165, 1.54) is 24.3 Å². The molecule has 0 atom stereocenters. The molecule has 0 aromatic heterocycles. The molecule has 0 spiro atoms. The number of amides is 2. The van der Waals surface area contributed by atoms with Crippen molar-refractivity contribution in [2.45, 2.75) is 31.6 Å². The normalized spacial score (nSPS) is 14.6. The van der Waals surface area contributed by atoms with E-state index in [2.05, 4.69) is 0 Å². The quantitative estimate of drug-likeness (QED) is 0.441. The molecule has 1 aliphatic rings. The number of ether oxygens (including phenoxy) is 1. The van der Waals surface area contributed by atoms with Gasteiger partial charge in [0, 0.05) is 12.2 Å². The lowest BCUT2D eigenvalue weighted by molar-refractivity contribution is -0.253. The SMILES string of the molecule is CCc1cc(C(C(F)(F)F)C(F)(F)F)ccc1Oc1ccc(N2C(=O)C=CC2=O)cc1. The Kier molecular flexibility index (Phi) is 5.84. The number of benzene rings is 2. The van der Waals surface area contributed by atoms with Gasteiger partial charge in [-0.05, 0) is 47.9 Å². The molecule has 4 nitrogen and oxygen atoms in total.